The Balaban J connectivity index is 1.65. The lowest BCUT2D eigenvalue weighted by Crippen LogP contribution is -2.52. The van der Waals surface area contributed by atoms with Crippen LogP contribution in [0.25, 0.3) is 0 Å². The van der Waals surface area contributed by atoms with Gasteiger partial charge in [0.15, 0.2) is 17.5 Å². The van der Waals surface area contributed by atoms with Crippen LogP contribution in [0.1, 0.15) is 12.5 Å². The molecule has 1 saturated heterocycles. The number of aliphatic hydroxyl groups is 1. The van der Waals surface area contributed by atoms with Gasteiger partial charge in [0.2, 0.25) is 0 Å². The Hall–Kier alpha value is -3.13. The zero-order chi connectivity index (χ0) is 22.8. The monoisotopic (exact) mass is 442 g/mol. The van der Waals surface area contributed by atoms with E-state index in [1.165, 1.54) is 0 Å². The van der Waals surface area contributed by atoms with Gasteiger partial charge in [-0.25, -0.2) is 4.99 Å². The number of nitrogens with one attached hydrogen (secondary N) is 1. The molecular formula is C24H34N4O4. The third-order valence-corrected chi connectivity index (χ3v) is 5.33. The standard InChI is InChI=1S/C24H34N4O4/c1-4-25-24(26-18-19-9-10-22(32-16-15-29)23(17-19)31-3)28-13-11-27(12-14-28)20-7-5-6-8-21(20)30-2/h5-10,17,29H,4,11-16,18H2,1-3H3,(H,25,26). The molecular weight excluding hydrogens is 408 g/mol. The Labute approximate surface area is 190 Å². The van der Waals surface area contributed by atoms with E-state index < -0.39 is 0 Å². The van der Waals surface area contributed by atoms with Crippen molar-refractivity contribution in [2.24, 2.45) is 4.99 Å². The van der Waals surface area contributed by atoms with Gasteiger partial charge in [0, 0.05) is 32.7 Å². The Bertz CT molecular complexity index is 882. The third-order valence-electron chi connectivity index (χ3n) is 5.33. The van der Waals surface area contributed by atoms with Crippen molar-refractivity contribution in [2.45, 2.75) is 13.5 Å². The van der Waals surface area contributed by atoms with Crippen LogP contribution in [0.15, 0.2) is 47.5 Å². The summed E-state index contributed by atoms with van der Waals surface area (Å²) in [5.74, 6) is 3.07. The molecule has 0 amide bonds. The molecule has 1 fully saturated rings. The molecule has 0 aromatic heterocycles. The van der Waals surface area contributed by atoms with Crippen LogP contribution in [0, 0.1) is 0 Å². The van der Waals surface area contributed by atoms with E-state index in [4.69, 9.17) is 24.3 Å². The first-order chi connectivity index (χ1) is 15.7. The van der Waals surface area contributed by atoms with Crippen LogP contribution in [0.2, 0.25) is 0 Å². The molecule has 0 aliphatic carbocycles. The summed E-state index contributed by atoms with van der Waals surface area (Å²) in [4.78, 5) is 9.51. The minimum atomic E-state index is -0.0361. The number of ether oxygens (including phenoxy) is 3. The van der Waals surface area contributed by atoms with Gasteiger partial charge in [-0.05, 0) is 36.8 Å². The second-order valence-corrected chi connectivity index (χ2v) is 7.37. The second-order valence-electron chi connectivity index (χ2n) is 7.37. The summed E-state index contributed by atoms with van der Waals surface area (Å²) >= 11 is 0. The van der Waals surface area contributed by atoms with Crippen molar-refractivity contribution in [2.75, 3.05) is 65.1 Å². The van der Waals surface area contributed by atoms with Crippen molar-refractivity contribution >= 4 is 11.6 Å². The van der Waals surface area contributed by atoms with Gasteiger partial charge in [0.05, 0.1) is 33.1 Å². The molecule has 1 aliphatic heterocycles. The van der Waals surface area contributed by atoms with Gasteiger partial charge in [-0.2, -0.15) is 0 Å². The molecule has 0 unspecified atom stereocenters. The first-order valence-electron chi connectivity index (χ1n) is 11.0. The number of hydrogen-bond donors (Lipinski definition) is 2. The number of rotatable bonds is 9. The third kappa shape index (κ3) is 5.97. The first-order valence-corrected chi connectivity index (χ1v) is 11.0. The smallest absolute Gasteiger partial charge is 0.194 e. The number of guanidine groups is 1. The highest BCUT2D eigenvalue weighted by molar-refractivity contribution is 5.80. The predicted octanol–water partition coefficient (Wildman–Crippen LogP) is 2.36. The van der Waals surface area contributed by atoms with E-state index >= 15 is 0 Å². The Morgan fingerprint density at radius 3 is 2.44 bits per heavy atom. The highest BCUT2D eigenvalue weighted by atomic mass is 16.5. The Morgan fingerprint density at radius 2 is 1.75 bits per heavy atom. The molecule has 0 saturated carbocycles. The van der Waals surface area contributed by atoms with Crippen LogP contribution in [0.3, 0.4) is 0 Å². The normalized spacial score (nSPS) is 14.3. The van der Waals surface area contributed by atoms with E-state index in [2.05, 4.69) is 28.1 Å². The average Bonchev–Trinajstić information content (AvgIpc) is 2.85. The minimum absolute atomic E-state index is 0.0361. The van der Waals surface area contributed by atoms with Gasteiger partial charge in [0.1, 0.15) is 12.4 Å². The van der Waals surface area contributed by atoms with Crippen LogP contribution >= 0.6 is 0 Å². The molecule has 8 nitrogen and oxygen atoms in total. The Kier molecular flexibility index (Phi) is 8.86. The molecule has 1 aliphatic rings. The van der Waals surface area contributed by atoms with Crippen molar-refractivity contribution < 1.29 is 19.3 Å². The first kappa shape index (κ1) is 23.5. The molecule has 2 N–H and O–H groups in total. The molecule has 2 aromatic carbocycles. The van der Waals surface area contributed by atoms with Crippen LogP contribution in [-0.4, -0.2) is 76.1 Å². The second kappa shape index (κ2) is 12.0. The zero-order valence-corrected chi connectivity index (χ0v) is 19.2. The van der Waals surface area contributed by atoms with Crippen molar-refractivity contribution in [3.05, 3.63) is 48.0 Å². The minimum Gasteiger partial charge on any atom is -0.495 e. The van der Waals surface area contributed by atoms with E-state index in [-0.39, 0.29) is 13.2 Å². The number of aliphatic hydroxyl groups excluding tert-OH is 1. The number of methoxy groups -OCH3 is 2. The molecule has 0 atom stereocenters. The molecule has 2 aromatic rings. The molecule has 0 radical (unpaired) electrons. The maximum absolute atomic E-state index is 8.97. The quantitative estimate of drug-likeness (QED) is 0.456. The SMILES string of the molecule is CCNC(=NCc1ccc(OCCO)c(OC)c1)N1CCN(c2ccccc2OC)CC1. The van der Waals surface area contributed by atoms with Crippen LogP contribution < -0.4 is 24.4 Å². The molecule has 174 valence electrons. The summed E-state index contributed by atoms with van der Waals surface area (Å²) in [7, 11) is 3.32. The summed E-state index contributed by atoms with van der Waals surface area (Å²) in [5, 5.41) is 12.4. The maximum atomic E-state index is 8.97. The Morgan fingerprint density at radius 1 is 1.00 bits per heavy atom. The van der Waals surface area contributed by atoms with Crippen molar-refractivity contribution in [3.63, 3.8) is 0 Å². The highest BCUT2D eigenvalue weighted by Crippen LogP contribution is 2.29. The van der Waals surface area contributed by atoms with Gasteiger partial charge >= 0.3 is 0 Å². The largest absolute Gasteiger partial charge is 0.495 e. The lowest BCUT2D eigenvalue weighted by molar-refractivity contribution is 0.196. The fourth-order valence-electron chi connectivity index (χ4n) is 3.73. The lowest BCUT2D eigenvalue weighted by Gasteiger charge is -2.38. The zero-order valence-electron chi connectivity index (χ0n) is 19.2. The van der Waals surface area contributed by atoms with E-state index in [1.54, 1.807) is 14.2 Å². The van der Waals surface area contributed by atoms with Crippen molar-refractivity contribution in [3.8, 4) is 17.2 Å². The molecule has 32 heavy (non-hydrogen) atoms. The van der Waals surface area contributed by atoms with Gasteiger partial charge in [-0.15, -0.1) is 0 Å². The number of benzene rings is 2. The number of nitrogens with zero attached hydrogens (tertiary/aromatic N) is 3. The van der Waals surface area contributed by atoms with E-state index in [9.17, 15) is 0 Å². The average molecular weight is 443 g/mol. The van der Waals surface area contributed by atoms with Gasteiger partial charge in [-0.1, -0.05) is 18.2 Å². The van der Waals surface area contributed by atoms with Crippen LogP contribution in [0.5, 0.6) is 17.2 Å². The fourth-order valence-corrected chi connectivity index (χ4v) is 3.73. The topological polar surface area (TPSA) is 78.8 Å². The number of hydrogen-bond acceptors (Lipinski definition) is 6. The summed E-state index contributed by atoms with van der Waals surface area (Å²) in [6.07, 6.45) is 0. The molecule has 0 bridgehead atoms. The summed E-state index contributed by atoms with van der Waals surface area (Å²) in [6.45, 7) is 7.17. The summed E-state index contributed by atoms with van der Waals surface area (Å²) in [5.41, 5.74) is 2.16. The maximum Gasteiger partial charge on any atom is 0.194 e. The summed E-state index contributed by atoms with van der Waals surface area (Å²) < 4.78 is 16.5. The number of piperazine rings is 1. The van der Waals surface area contributed by atoms with E-state index in [1.807, 2.05) is 36.4 Å². The van der Waals surface area contributed by atoms with Gasteiger partial charge in [-0.3, -0.25) is 0 Å². The lowest BCUT2D eigenvalue weighted by atomic mass is 10.2. The van der Waals surface area contributed by atoms with Crippen LogP contribution in [0.4, 0.5) is 5.69 Å². The molecule has 8 heteroatoms. The molecule has 0 spiro atoms. The molecule has 3 rings (SSSR count). The van der Waals surface area contributed by atoms with Gasteiger partial charge in [0.25, 0.3) is 0 Å². The van der Waals surface area contributed by atoms with Gasteiger partial charge < -0.3 is 34.4 Å². The van der Waals surface area contributed by atoms with E-state index in [0.717, 1.165) is 55.7 Å². The number of aliphatic imine (C=N–C) groups is 1. The van der Waals surface area contributed by atoms with Crippen LogP contribution in [-0.2, 0) is 6.54 Å². The summed E-state index contributed by atoms with van der Waals surface area (Å²) in [6, 6.07) is 13.9. The van der Waals surface area contributed by atoms with Crippen molar-refractivity contribution in [1.82, 2.24) is 10.2 Å². The number of anilines is 1. The number of para-hydroxylation sites is 2. The van der Waals surface area contributed by atoms with E-state index in [0.29, 0.717) is 18.0 Å². The predicted molar refractivity (Wildman–Crippen MR) is 127 cm³/mol. The fraction of sp³-hybridized carbons (Fsp3) is 0.458. The van der Waals surface area contributed by atoms with Crippen molar-refractivity contribution in [1.29, 1.82) is 0 Å². The highest BCUT2D eigenvalue weighted by Gasteiger charge is 2.21. The molecule has 1 heterocycles.